The number of halogens is 3. The van der Waals surface area contributed by atoms with E-state index in [9.17, 15) is 9.90 Å². The molecule has 108 valence electrons. The molecule has 1 fully saturated rings. The van der Waals surface area contributed by atoms with E-state index in [0.29, 0.717) is 3.57 Å². The Kier molecular flexibility index (Phi) is 5.83. The van der Waals surface area contributed by atoms with Crippen LogP contribution in [0.25, 0.3) is 0 Å². The summed E-state index contributed by atoms with van der Waals surface area (Å²) in [5, 5.41) is 17.9. The van der Waals surface area contributed by atoms with Crippen LogP contribution in [0.3, 0.4) is 0 Å². The van der Waals surface area contributed by atoms with Crippen LogP contribution in [-0.4, -0.2) is 44.0 Å². The summed E-state index contributed by atoms with van der Waals surface area (Å²) in [6.45, 7) is -0.380. The van der Waals surface area contributed by atoms with Gasteiger partial charge in [0.05, 0.1) is 10.2 Å². The Hall–Kier alpha value is -0.130. The summed E-state index contributed by atoms with van der Waals surface area (Å²) < 4.78 is 7.08. The molecule has 4 atom stereocenters. The largest absolute Gasteiger partial charge is 0.394 e. The lowest BCUT2D eigenvalue weighted by molar-refractivity contribution is -0.0457. The minimum absolute atomic E-state index is 0. The SMILES string of the molecule is Cl.Nc1nc(=O)n([C@@H]2O[C@H](CO)[C@@H](O)[C@H]2Cl)cc1I. The zero-order chi connectivity index (χ0) is 13.4. The lowest BCUT2D eigenvalue weighted by Crippen LogP contribution is -2.33. The van der Waals surface area contributed by atoms with Gasteiger partial charge in [0.15, 0.2) is 6.23 Å². The first-order chi connectivity index (χ1) is 8.45. The van der Waals surface area contributed by atoms with Crippen LogP contribution < -0.4 is 11.4 Å². The van der Waals surface area contributed by atoms with Crippen LogP contribution >= 0.6 is 46.6 Å². The number of nitrogens with zero attached hydrogens (tertiary/aromatic N) is 2. The molecule has 1 aromatic heterocycles. The highest BCUT2D eigenvalue weighted by Crippen LogP contribution is 2.32. The van der Waals surface area contributed by atoms with Gasteiger partial charge in [0.25, 0.3) is 0 Å². The van der Waals surface area contributed by atoms with Gasteiger partial charge in [-0.3, -0.25) is 4.57 Å². The second-order valence-corrected chi connectivity index (χ2v) is 5.51. The van der Waals surface area contributed by atoms with Crippen molar-refractivity contribution < 1.29 is 14.9 Å². The standard InChI is InChI=1S/C9H11ClIN3O4.ClH/c10-5-6(16)4(2-15)18-8(5)14-1-3(11)7(12)13-9(14)17;/h1,4-6,8,15-16H,2H2,(H2,12,13,17);1H/t4-,5-,6-,8-;/m1./s1. The van der Waals surface area contributed by atoms with Crippen LogP contribution in [0.5, 0.6) is 0 Å². The number of nitrogens with two attached hydrogens (primary N) is 1. The predicted octanol–water partition coefficient (Wildman–Crippen LogP) is -0.290. The Balaban J connectivity index is 0.00000180. The van der Waals surface area contributed by atoms with E-state index in [4.69, 9.17) is 27.2 Å². The summed E-state index contributed by atoms with van der Waals surface area (Å²) in [5.74, 6) is 0.125. The number of rotatable bonds is 2. The van der Waals surface area contributed by atoms with E-state index in [1.807, 2.05) is 22.6 Å². The van der Waals surface area contributed by atoms with Crippen LogP contribution in [0.4, 0.5) is 5.82 Å². The van der Waals surface area contributed by atoms with Gasteiger partial charge in [-0.15, -0.1) is 24.0 Å². The van der Waals surface area contributed by atoms with E-state index in [0.717, 1.165) is 4.57 Å². The highest BCUT2D eigenvalue weighted by atomic mass is 127. The smallest absolute Gasteiger partial charge is 0.351 e. The van der Waals surface area contributed by atoms with E-state index in [1.165, 1.54) is 6.20 Å². The summed E-state index contributed by atoms with van der Waals surface area (Å²) in [4.78, 5) is 15.3. The van der Waals surface area contributed by atoms with Crippen molar-refractivity contribution in [3.05, 3.63) is 20.3 Å². The third-order valence-corrected chi connectivity index (χ3v) is 3.99. The van der Waals surface area contributed by atoms with Gasteiger partial charge < -0.3 is 20.7 Å². The number of hydrogen-bond acceptors (Lipinski definition) is 6. The van der Waals surface area contributed by atoms with E-state index < -0.39 is 29.5 Å². The topological polar surface area (TPSA) is 111 Å². The van der Waals surface area contributed by atoms with E-state index in [-0.39, 0.29) is 24.8 Å². The maximum Gasteiger partial charge on any atom is 0.351 e. The summed E-state index contributed by atoms with van der Waals surface area (Å²) in [7, 11) is 0. The summed E-state index contributed by atoms with van der Waals surface area (Å²) in [6.07, 6.45) is -1.30. The summed E-state index contributed by atoms with van der Waals surface area (Å²) in [6, 6.07) is 0. The quantitative estimate of drug-likeness (QED) is 0.445. The molecule has 19 heavy (non-hydrogen) atoms. The van der Waals surface area contributed by atoms with Gasteiger partial charge in [0.1, 0.15) is 23.4 Å². The molecule has 1 saturated heterocycles. The number of ether oxygens (including phenoxy) is 1. The first-order valence-electron chi connectivity index (χ1n) is 5.08. The van der Waals surface area contributed by atoms with Crippen LogP contribution in [0.15, 0.2) is 11.0 Å². The molecule has 2 heterocycles. The van der Waals surface area contributed by atoms with Crippen LogP contribution in [0, 0.1) is 3.57 Å². The van der Waals surface area contributed by atoms with Gasteiger partial charge in [0, 0.05) is 6.20 Å². The Bertz CT molecular complexity index is 515. The zero-order valence-electron chi connectivity index (χ0n) is 9.44. The van der Waals surface area contributed by atoms with Gasteiger partial charge in [0.2, 0.25) is 0 Å². The molecule has 1 aliphatic heterocycles. The Morgan fingerprint density at radius 2 is 2.26 bits per heavy atom. The number of hydrogen-bond donors (Lipinski definition) is 3. The second kappa shape index (κ2) is 6.55. The van der Waals surface area contributed by atoms with Gasteiger partial charge in [-0.2, -0.15) is 4.98 Å². The number of aliphatic hydroxyl groups is 2. The molecule has 0 unspecified atom stereocenters. The van der Waals surface area contributed by atoms with Crippen LogP contribution in [-0.2, 0) is 4.74 Å². The van der Waals surface area contributed by atoms with Crippen molar-refractivity contribution in [1.82, 2.24) is 9.55 Å². The molecule has 0 amide bonds. The second-order valence-electron chi connectivity index (χ2n) is 3.85. The van der Waals surface area contributed by atoms with E-state index in [1.54, 1.807) is 0 Å². The molecule has 7 nitrogen and oxygen atoms in total. The average molecular weight is 424 g/mol. The molecule has 1 aromatic rings. The molecular weight excluding hydrogens is 412 g/mol. The third-order valence-electron chi connectivity index (χ3n) is 2.68. The van der Waals surface area contributed by atoms with E-state index >= 15 is 0 Å². The fraction of sp³-hybridized carbons (Fsp3) is 0.556. The molecule has 0 aliphatic carbocycles. The number of aromatic nitrogens is 2. The summed E-state index contributed by atoms with van der Waals surface area (Å²) >= 11 is 7.92. The average Bonchev–Trinajstić information content (AvgIpc) is 2.61. The highest BCUT2D eigenvalue weighted by Gasteiger charge is 2.43. The first-order valence-corrected chi connectivity index (χ1v) is 6.60. The normalized spacial score (nSPS) is 30.1. The fourth-order valence-electron chi connectivity index (χ4n) is 1.72. The number of nitrogen functional groups attached to an aromatic ring is 1. The van der Waals surface area contributed by atoms with Crippen molar-refractivity contribution in [1.29, 1.82) is 0 Å². The van der Waals surface area contributed by atoms with Crippen LogP contribution in [0.1, 0.15) is 6.23 Å². The number of anilines is 1. The van der Waals surface area contributed by atoms with Crippen molar-refractivity contribution in [3.8, 4) is 0 Å². The Morgan fingerprint density at radius 1 is 1.63 bits per heavy atom. The molecule has 1 aliphatic rings. The monoisotopic (exact) mass is 423 g/mol. The molecule has 2 rings (SSSR count). The minimum Gasteiger partial charge on any atom is -0.394 e. The number of aliphatic hydroxyl groups excluding tert-OH is 2. The molecule has 4 N–H and O–H groups in total. The molecule has 10 heteroatoms. The van der Waals surface area contributed by atoms with Gasteiger partial charge in [-0.25, -0.2) is 4.79 Å². The fourth-order valence-corrected chi connectivity index (χ4v) is 2.48. The molecule has 0 radical (unpaired) electrons. The molecule has 0 aromatic carbocycles. The van der Waals surface area contributed by atoms with Crippen molar-refractivity contribution in [3.63, 3.8) is 0 Å². The third kappa shape index (κ3) is 3.14. The molecule has 0 bridgehead atoms. The maximum absolute atomic E-state index is 11.7. The number of alkyl halides is 1. The lowest BCUT2D eigenvalue weighted by Gasteiger charge is -2.17. The van der Waals surface area contributed by atoms with Crippen molar-refractivity contribution >= 4 is 52.4 Å². The minimum atomic E-state index is -1.05. The summed E-state index contributed by atoms with van der Waals surface area (Å²) in [5.41, 5.74) is 4.89. The van der Waals surface area contributed by atoms with Crippen molar-refractivity contribution in [2.24, 2.45) is 0 Å². The predicted molar refractivity (Wildman–Crippen MR) is 79.5 cm³/mol. The first kappa shape index (κ1) is 16.9. The Morgan fingerprint density at radius 3 is 2.79 bits per heavy atom. The molecular formula is C9H12Cl2IN3O4. The zero-order valence-corrected chi connectivity index (χ0v) is 13.2. The highest BCUT2D eigenvalue weighted by molar-refractivity contribution is 14.1. The maximum atomic E-state index is 11.7. The van der Waals surface area contributed by atoms with E-state index in [2.05, 4.69) is 4.98 Å². The van der Waals surface area contributed by atoms with Gasteiger partial charge >= 0.3 is 5.69 Å². The van der Waals surface area contributed by atoms with Crippen molar-refractivity contribution in [2.75, 3.05) is 12.3 Å². The van der Waals surface area contributed by atoms with Gasteiger partial charge in [-0.1, -0.05) is 0 Å². The van der Waals surface area contributed by atoms with Gasteiger partial charge in [-0.05, 0) is 22.6 Å². The van der Waals surface area contributed by atoms with Crippen molar-refractivity contribution in [2.45, 2.75) is 23.8 Å². The molecule has 0 spiro atoms. The van der Waals surface area contributed by atoms with Crippen LogP contribution in [0.2, 0.25) is 0 Å². The molecule has 0 saturated carbocycles. The Labute approximate surface area is 133 Å². The lowest BCUT2D eigenvalue weighted by atomic mass is 10.2.